The van der Waals surface area contributed by atoms with E-state index in [0.29, 0.717) is 12.0 Å². The normalized spacial score (nSPS) is 26.9. The molecule has 0 saturated carbocycles. The summed E-state index contributed by atoms with van der Waals surface area (Å²) in [5.74, 6) is 1.71. The highest BCUT2D eigenvalue weighted by molar-refractivity contribution is 5.43. The van der Waals surface area contributed by atoms with Crippen molar-refractivity contribution in [2.75, 3.05) is 11.4 Å². The van der Waals surface area contributed by atoms with Crippen LogP contribution in [0, 0.1) is 5.92 Å². The molecule has 3 nitrogen and oxygen atoms in total. The first-order chi connectivity index (χ1) is 8.09. The molecule has 3 atom stereocenters. The first-order valence-corrected chi connectivity index (χ1v) is 6.50. The smallest absolute Gasteiger partial charge is 0.129 e. The van der Waals surface area contributed by atoms with Gasteiger partial charge < -0.3 is 10.0 Å². The van der Waals surface area contributed by atoms with Gasteiger partial charge in [-0.25, -0.2) is 4.98 Å². The van der Waals surface area contributed by atoms with E-state index in [1.807, 2.05) is 12.1 Å². The molecule has 1 aliphatic rings. The fourth-order valence-electron chi connectivity index (χ4n) is 2.51. The van der Waals surface area contributed by atoms with Crippen molar-refractivity contribution in [1.82, 2.24) is 4.98 Å². The molecular formula is C14H22N2O. The predicted molar refractivity (Wildman–Crippen MR) is 70.1 cm³/mol. The summed E-state index contributed by atoms with van der Waals surface area (Å²) in [5, 5.41) is 9.62. The summed E-state index contributed by atoms with van der Waals surface area (Å²) in [6.45, 7) is 7.43. The van der Waals surface area contributed by atoms with Gasteiger partial charge in [0.1, 0.15) is 5.82 Å². The first-order valence-electron chi connectivity index (χ1n) is 6.50. The maximum Gasteiger partial charge on any atom is 0.129 e. The highest BCUT2D eigenvalue weighted by Gasteiger charge is 2.25. The van der Waals surface area contributed by atoms with Gasteiger partial charge in [0.05, 0.1) is 6.10 Å². The average Bonchev–Trinajstić information content (AvgIpc) is 2.33. The summed E-state index contributed by atoms with van der Waals surface area (Å²) in [6, 6.07) is 4.42. The Hall–Kier alpha value is -1.09. The predicted octanol–water partition coefficient (Wildman–Crippen LogP) is 2.76. The summed E-state index contributed by atoms with van der Waals surface area (Å²) in [7, 11) is 0. The van der Waals surface area contributed by atoms with E-state index in [9.17, 15) is 5.11 Å². The van der Waals surface area contributed by atoms with Crippen LogP contribution in [0.2, 0.25) is 0 Å². The number of nitrogens with zero attached hydrogens (tertiary/aromatic N) is 2. The molecule has 1 N–H and O–H groups in total. The Labute approximate surface area is 103 Å². The molecule has 0 aliphatic carbocycles. The van der Waals surface area contributed by atoms with E-state index < -0.39 is 6.10 Å². The molecule has 1 aromatic heterocycles. The molecule has 1 aromatic rings. The molecule has 2 rings (SSSR count). The van der Waals surface area contributed by atoms with Crippen LogP contribution in [-0.4, -0.2) is 22.7 Å². The molecule has 0 spiro atoms. The number of rotatable bonds is 2. The van der Waals surface area contributed by atoms with Gasteiger partial charge in [-0.1, -0.05) is 6.92 Å². The SMILES string of the molecule is CC(O)c1ccnc(N2CCCC(C)C2C)c1. The molecule has 3 heteroatoms. The standard InChI is InChI=1S/C14H22N2O/c1-10-5-4-8-16(11(10)2)14-9-13(12(3)17)6-7-15-14/h6-7,9-12,17H,4-5,8H2,1-3H3. The molecule has 1 aliphatic heterocycles. The minimum absolute atomic E-state index is 0.422. The maximum atomic E-state index is 9.62. The van der Waals surface area contributed by atoms with Crippen LogP contribution in [0.15, 0.2) is 18.3 Å². The van der Waals surface area contributed by atoms with Crippen molar-refractivity contribution in [3.63, 3.8) is 0 Å². The lowest BCUT2D eigenvalue weighted by Gasteiger charge is -2.39. The molecule has 0 bridgehead atoms. The van der Waals surface area contributed by atoms with E-state index >= 15 is 0 Å². The first kappa shape index (κ1) is 12.4. The molecule has 94 valence electrons. The van der Waals surface area contributed by atoms with Gasteiger partial charge in [0, 0.05) is 18.8 Å². The van der Waals surface area contributed by atoms with Crippen LogP contribution >= 0.6 is 0 Å². The number of aliphatic hydroxyl groups is 1. The van der Waals surface area contributed by atoms with E-state index in [-0.39, 0.29) is 0 Å². The fourth-order valence-corrected chi connectivity index (χ4v) is 2.51. The molecule has 0 amide bonds. The molecule has 0 radical (unpaired) electrons. The third-order valence-electron chi connectivity index (χ3n) is 3.92. The second-order valence-electron chi connectivity index (χ2n) is 5.18. The highest BCUT2D eigenvalue weighted by atomic mass is 16.3. The number of hydrogen-bond acceptors (Lipinski definition) is 3. The number of pyridine rings is 1. The Balaban J connectivity index is 2.23. The van der Waals surface area contributed by atoms with Crippen molar-refractivity contribution < 1.29 is 5.11 Å². The van der Waals surface area contributed by atoms with E-state index in [4.69, 9.17) is 0 Å². The quantitative estimate of drug-likeness (QED) is 0.854. The largest absolute Gasteiger partial charge is 0.389 e. The minimum Gasteiger partial charge on any atom is -0.389 e. The summed E-state index contributed by atoms with van der Waals surface area (Å²) in [5.41, 5.74) is 0.945. The van der Waals surface area contributed by atoms with Gasteiger partial charge in [-0.05, 0) is 50.3 Å². The van der Waals surface area contributed by atoms with Gasteiger partial charge in [-0.15, -0.1) is 0 Å². The second-order valence-corrected chi connectivity index (χ2v) is 5.18. The second kappa shape index (κ2) is 5.05. The molecule has 0 aromatic carbocycles. The van der Waals surface area contributed by atoms with Crippen LogP contribution in [0.3, 0.4) is 0 Å². The van der Waals surface area contributed by atoms with Crippen molar-refractivity contribution in [3.05, 3.63) is 23.9 Å². The molecule has 1 fully saturated rings. The third kappa shape index (κ3) is 2.60. The van der Waals surface area contributed by atoms with Crippen LogP contribution in [0.1, 0.15) is 45.3 Å². The van der Waals surface area contributed by atoms with E-state index in [1.54, 1.807) is 13.1 Å². The number of aromatic nitrogens is 1. The van der Waals surface area contributed by atoms with Gasteiger partial charge in [0.2, 0.25) is 0 Å². The van der Waals surface area contributed by atoms with E-state index in [1.165, 1.54) is 12.8 Å². The topological polar surface area (TPSA) is 36.4 Å². The summed E-state index contributed by atoms with van der Waals surface area (Å²) < 4.78 is 0. The van der Waals surface area contributed by atoms with Crippen LogP contribution in [0.25, 0.3) is 0 Å². The monoisotopic (exact) mass is 234 g/mol. The lowest BCUT2D eigenvalue weighted by atomic mass is 9.92. The Kier molecular flexibility index (Phi) is 3.67. The van der Waals surface area contributed by atoms with Gasteiger partial charge >= 0.3 is 0 Å². The van der Waals surface area contributed by atoms with Crippen molar-refractivity contribution in [2.45, 2.75) is 45.8 Å². The fraction of sp³-hybridized carbons (Fsp3) is 0.643. The highest BCUT2D eigenvalue weighted by Crippen LogP contribution is 2.28. The Morgan fingerprint density at radius 3 is 2.94 bits per heavy atom. The lowest BCUT2D eigenvalue weighted by molar-refractivity contribution is 0.199. The molecule has 2 heterocycles. The Morgan fingerprint density at radius 1 is 1.47 bits per heavy atom. The number of piperidine rings is 1. The van der Waals surface area contributed by atoms with Crippen LogP contribution in [-0.2, 0) is 0 Å². The van der Waals surface area contributed by atoms with Gasteiger partial charge in [-0.3, -0.25) is 0 Å². The Morgan fingerprint density at radius 2 is 2.24 bits per heavy atom. The van der Waals surface area contributed by atoms with Crippen molar-refractivity contribution >= 4 is 5.82 Å². The third-order valence-corrected chi connectivity index (χ3v) is 3.92. The number of hydrogen-bond donors (Lipinski definition) is 1. The number of aliphatic hydroxyl groups excluding tert-OH is 1. The average molecular weight is 234 g/mol. The molecule has 3 unspecified atom stereocenters. The molecular weight excluding hydrogens is 212 g/mol. The van der Waals surface area contributed by atoms with Crippen molar-refractivity contribution in [1.29, 1.82) is 0 Å². The molecule has 17 heavy (non-hydrogen) atoms. The summed E-state index contributed by atoms with van der Waals surface area (Å²) >= 11 is 0. The van der Waals surface area contributed by atoms with Crippen molar-refractivity contribution in [3.8, 4) is 0 Å². The maximum absolute atomic E-state index is 9.62. The number of anilines is 1. The van der Waals surface area contributed by atoms with Gasteiger partial charge in [0.15, 0.2) is 0 Å². The lowest BCUT2D eigenvalue weighted by Crippen LogP contribution is -2.42. The van der Waals surface area contributed by atoms with Gasteiger partial charge in [0.25, 0.3) is 0 Å². The zero-order chi connectivity index (χ0) is 12.4. The van der Waals surface area contributed by atoms with Crippen LogP contribution < -0.4 is 4.90 Å². The van der Waals surface area contributed by atoms with Gasteiger partial charge in [-0.2, -0.15) is 0 Å². The van der Waals surface area contributed by atoms with Crippen LogP contribution in [0.5, 0.6) is 0 Å². The Bertz CT molecular complexity index is 378. The van der Waals surface area contributed by atoms with E-state index in [2.05, 4.69) is 23.7 Å². The minimum atomic E-state index is -0.422. The van der Waals surface area contributed by atoms with Crippen LogP contribution in [0.4, 0.5) is 5.82 Å². The zero-order valence-electron chi connectivity index (χ0n) is 10.9. The van der Waals surface area contributed by atoms with Crippen molar-refractivity contribution in [2.24, 2.45) is 5.92 Å². The summed E-state index contributed by atoms with van der Waals surface area (Å²) in [4.78, 5) is 6.81. The van der Waals surface area contributed by atoms with E-state index in [0.717, 1.165) is 17.9 Å². The summed E-state index contributed by atoms with van der Waals surface area (Å²) in [6.07, 6.45) is 3.90. The zero-order valence-corrected chi connectivity index (χ0v) is 10.9. The molecule has 1 saturated heterocycles.